The average Bonchev–Trinajstić information content (AvgIpc) is 2.12. The van der Waals surface area contributed by atoms with Crippen LogP contribution in [-0.4, -0.2) is 21.8 Å². The highest BCUT2D eigenvalue weighted by Gasteiger charge is 2.27. The Hall–Kier alpha value is -2.10. The number of fused-ring (bicyclic) bond motifs is 1. The predicted molar refractivity (Wildman–Crippen MR) is 52.8 cm³/mol. The van der Waals surface area contributed by atoms with Crippen LogP contribution >= 0.6 is 0 Å². The lowest BCUT2D eigenvalue weighted by molar-refractivity contribution is -0.111. The van der Waals surface area contributed by atoms with Crippen LogP contribution in [0.4, 0.5) is 0 Å². The van der Waals surface area contributed by atoms with Crippen molar-refractivity contribution in [3.63, 3.8) is 0 Å². The number of phenols is 1. The van der Waals surface area contributed by atoms with E-state index in [1.807, 2.05) is 0 Å². The molecular formula is C11H8O4. The van der Waals surface area contributed by atoms with Crippen molar-refractivity contribution < 1.29 is 19.8 Å². The second-order valence-corrected chi connectivity index (χ2v) is 3.41. The number of carbonyl (C=O) groups is 2. The summed E-state index contributed by atoms with van der Waals surface area (Å²) in [5.41, 5.74) is 0.925. The number of ketones is 2. The average molecular weight is 204 g/mol. The highest BCUT2D eigenvalue weighted by atomic mass is 16.3. The van der Waals surface area contributed by atoms with Crippen molar-refractivity contribution >= 4 is 17.3 Å². The number of Topliss-reactive ketones (excluding diaryl/α,β-unsaturated/α-hetero) is 1. The van der Waals surface area contributed by atoms with Crippen molar-refractivity contribution in [3.05, 3.63) is 34.9 Å². The molecule has 0 radical (unpaired) electrons. The lowest BCUT2D eigenvalue weighted by atomic mass is 9.90. The number of hydrogen-bond acceptors (Lipinski definition) is 4. The van der Waals surface area contributed by atoms with Crippen molar-refractivity contribution in [2.75, 3.05) is 0 Å². The number of aliphatic hydroxyl groups excluding tert-OH is 1. The molecule has 0 saturated carbocycles. The number of allylic oxidation sites excluding steroid dienone is 1. The number of rotatable bonds is 0. The van der Waals surface area contributed by atoms with E-state index in [9.17, 15) is 19.8 Å². The number of aryl methyl sites for hydroxylation is 1. The van der Waals surface area contributed by atoms with E-state index in [2.05, 4.69) is 0 Å². The van der Waals surface area contributed by atoms with Gasteiger partial charge in [-0.3, -0.25) is 9.59 Å². The van der Waals surface area contributed by atoms with Gasteiger partial charge in [0.1, 0.15) is 11.5 Å². The fourth-order valence-corrected chi connectivity index (χ4v) is 1.68. The zero-order chi connectivity index (χ0) is 11.2. The Labute approximate surface area is 85.5 Å². The van der Waals surface area contributed by atoms with Gasteiger partial charge in [0.05, 0.1) is 0 Å². The molecule has 0 fully saturated rings. The lowest BCUT2D eigenvalue weighted by Gasteiger charge is -2.14. The molecule has 0 saturated heterocycles. The van der Waals surface area contributed by atoms with Gasteiger partial charge >= 0.3 is 0 Å². The second kappa shape index (κ2) is 2.95. The summed E-state index contributed by atoms with van der Waals surface area (Å²) in [5, 5.41) is 18.8. The van der Waals surface area contributed by atoms with Gasteiger partial charge in [0.15, 0.2) is 0 Å². The molecule has 15 heavy (non-hydrogen) atoms. The molecule has 0 heterocycles. The van der Waals surface area contributed by atoms with Gasteiger partial charge in [-0.25, -0.2) is 0 Å². The van der Waals surface area contributed by atoms with Crippen molar-refractivity contribution in [1.29, 1.82) is 0 Å². The summed E-state index contributed by atoms with van der Waals surface area (Å²) in [5.74, 6) is -1.80. The van der Waals surface area contributed by atoms with E-state index >= 15 is 0 Å². The molecule has 2 rings (SSSR count). The first kappa shape index (κ1) is 9.45. The van der Waals surface area contributed by atoms with Gasteiger partial charge in [0.25, 0.3) is 0 Å². The number of benzene rings is 1. The van der Waals surface area contributed by atoms with Crippen LogP contribution in [0, 0.1) is 6.92 Å². The highest BCUT2D eigenvalue weighted by Crippen LogP contribution is 2.29. The molecule has 0 unspecified atom stereocenters. The molecule has 0 amide bonds. The lowest BCUT2D eigenvalue weighted by Crippen LogP contribution is -2.19. The van der Waals surface area contributed by atoms with E-state index in [0.717, 1.165) is 6.08 Å². The summed E-state index contributed by atoms with van der Waals surface area (Å²) in [6.45, 7) is 1.64. The molecule has 76 valence electrons. The summed E-state index contributed by atoms with van der Waals surface area (Å²) >= 11 is 0. The number of aromatic hydroxyl groups is 1. The van der Waals surface area contributed by atoms with Crippen LogP contribution in [0.3, 0.4) is 0 Å². The Morgan fingerprint density at radius 2 is 1.80 bits per heavy atom. The minimum Gasteiger partial charge on any atom is -0.508 e. The van der Waals surface area contributed by atoms with Crippen LogP contribution in [0.15, 0.2) is 18.2 Å². The van der Waals surface area contributed by atoms with Gasteiger partial charge in [-0.05, 0) is 24.6 Å². The quantitative estimate of drug-likeness (QED) is 0.626. The van der Waals surface area contributed by atoms with Crippen LogP contribution in [0.25, 0.3) is 5.76 Å². The third-order valence-corrected chi connectivity index (χ3v) is 2.31. The van der Waals surface area contributed by atoms with Crippen LogP contribution in [0.1, 0.15) is 21.5 Å². The molecule has 1 aromatic rings. The molecule has 0 spiro atoms. The van der Waals surface area contributed by atoms with Crippen LogP contribution in [0.5, 0.6) is 5.75 Å². The van der Waals surface area contributed by atoms with Crippen LogP contribution in [-0.2, 0) is 4.79 Å². The van der Waals surface area contributed by atoms with Gasteiger partial charge in [0.2, 0.25) is 11.6 Å². The van der Waals surface area contributed by atoms with Gasteiger partial charge in [-0.2, -0.15) is 0 Å². The van der Waals surface area contributed by atoms with Crippen LogP contribution < -0.4 is 0 Å². The first-order chi connectivity index (χ1) is 7.00. The SMILES string of the molecule is Cc1cc(O)cc2c1C(O)=CC(=O)C2=O. The van der Waals surface area contributed by atoms with Gasteiger partial charge in [-0.15, -0.1) is 0 Å². The molecule has 0 bridgehead atoms. The maximum Gasteiger partial charge on any atom is 0.233 e. The van der Waals surface area contributed by atoms with Gasteiger partial charge < -0.3 is 10.2 Å². The fraction of sp³-hybridized carbons (Fsp3) is 0.0909. The van der Waals surface area contributed by atoms with Crippen molar-refractivity contribution in [1.82, 2.24) is 0 Å². The highest BCUT2D eigenvalue weighted by molar-refractivity contribution is 6.50. The van der Waals surface area contributed by atoms with E-state index < -0.39 is 11.6 Å². The topological polar surface area (TPSA) is 74.6 Å². The number of aliphatic hydroxyl groups is 1. The number of carbonyl (C=O) groups excluding carboxylic acids is 2. The summed E-state index contributed by atoms with van der Waals surface area (Å²) < 4.78 is 0. The Balaban J connectivity index is 2.80. The smallest absolute Gasteiger partial charge is 0.233 e. The number of hydrogen-bond donors (Lipinski definition) is 2. The Morgan fingerprint density at radius 1 is 1.13 bits per heavy atom. The monoisotopic (exact) mass is 204 g/mol. The molecule has 1 aliphatic rings. The second-order valence-electron chi connectivity index (χ2n) is 3.41. The van der Waals surface area contributed by atoms with Gasteiger partial charge in [0, 0.05) is 17.2 Å². The van der Waals surface area contributed by atoms with E-state index in [-0.39, 0.29) is 17.1 Å². The maximum atomic E-state index is 11.5. The zero-order valence-corrected chi connectivity index (χ0v) is 7.94. The molecule has 1 aromatic carbocycles. The van der Waals surface area contributed by atoms with E-state index in [0.29, 0.717) is 11.1 Å². The van der Waals surface area contributed by atoms with Crippen molar-refractivity contribution in [2.45, 2.75) is 6.92 Å². The van der Waals surface area contributed by atoms with E-state index in [1.54, 1.807) is 6.92 Å². The Morgan fingerprint density at radius 3 is 2.47 bits per heavy atom. The molecule has 4 heteroatoms. The molecule has 0 atom stereocenters. The molecule has 0 aliphatic heterocycles. The molecule has 4 nitrogen and oxygen atoms in total. The van der Waals surface area contributed by atoms with E-state index in [4.69, 9.17) is 0 Å². The third-order valence-electron chi connectivity index (χ3n) is 2.31. The molecular weight excluding hydrogens is 196 g/mol. The number of phenolic OH excluding ortho intramolecular Hbond substituents is 1. The summed E-state index contributed by atoms with van der Waals surface area (Å²) in [4.78, 5) is 22.6. The molecule has 1 aliphatic carbocycles. The first-order valence-electron chi connectivity index (χ1n) is 4.34. The standard InChI is InChI=1S/C11H8O4/c1-5-2-6(12)3-7-10(5)8(13)4-9(14)11(7)15/h2-4,12-13H,1H3. The van der Waals surface area contributed by atoms with Crippen molar-refractivity contribution in [2.24, 2.45) is 0 Å². The minimum absolute atomic E-state index is 0.0532. The summed E-state index contributed by atoms with van der Waals surface area (Å²) in [6.07, 6.45) is 0.898. The predicted octanol–water partition coefficient (Wildman–Crippen LogP) is 1.36. The summed E-state index contributed by atoms with van der Waals surface area (Å²) in [6, 6.07) is 2.61. The van der Waals surface area contributed by atoms with Gasteiger partial charge in [-0.1, -0.05) is 0 Å². The van der Waals surface area contributed by atoms with E-state index in [1.165, 1.54) is 12.1 Å². The van der Waals surface area contributed by atoms with Crippen molar-refractivity contribution in [3.8, 4) is 5.75 Å². The zero-order valence-electron chi connectivity index (χ0n) is 7.94. The first-order valence-corrected chi connectivity index (χ1v) is 4.34. The Bertz CT molecular complexity index is 512. The fourth-order valence-electron chi connectivity index (χ4n) is 1.68. The molecule has 0 aromatic heterocycles. The van der Waals surface area contributed by atoms with Crippen LogP contribution in [0.2, 0.25) is 0 Å². The normalized spacial score (nSPS) is 14.9. The summed E-state index contributed by atoms with van der Waals surface area (Å²) in [7, 11) is 0. The third kappa shape index (κ3) is 1.30. The largest absolute Gasteiger partial charge is 0.508 e. The Kier molecular flexibility index (Phi) is 1.86. The maximum absolute atomic E-state index is 11.5. The molecule has 2 N–H and O–H groups in total. The minimum atomic E-state index is -0.773.